The number of ether oxygens (including phenoxy) is 1. The predicted molar refractivity (Wildman–Crippen MR) is 148 cm³/mol. The van der Waals surface area contributed by atoms with Crippen LogP contribution in [0.2, 0.25) is 10.0 Å². The van der Waals surface area contributed by atoms with Gasteiger partial charge in [-0.25, -0.2) is 0 Å². The van der Waals surface area contributed by atoms with Crippen LogP contribution in [-0.4, -0.2) is 54.9 Å². The highest BCUT2D eigenvalue weighted by atomic mass is 35.5. The zero-order chi connectivity index (χ0) is 27.2. The summed E-state index contributed by atoms with van der Waals surface area (Å²) in [5, 5.41) is 14.3. The molecule has 0 spiro atoms. The van der Waals surface area contributed by atoms with E-state index in [4.69, 9.17) is 27.9 Å². The SMILES string of the molecule is COc1ccc(Cl)cc1C(=O)N1CCN(c2ccc(NC(=O)/C=C/c3ccc(Cl)c([N+](=O)[O-])c3)cc2)CC1. The molecule has 2 amide bonds. The normalized spacial score (nSPS) is 13.4. The van der Waals surface area contributed by atoms with Crippen LogP contribution in [0.4, 0.5) is 17.1 Å². The number of halogens is 2. The molecule has 1 aliphatic rings. The van der Waals surface area contributed by atoms with Crippen molar-refractivity contribution in [1.82, 2.24) is 4.90 Å². The molecule has 0 radical (unpaired) electrons. The quantitative estimate of drug-likeness (QED) is 0.234. The van der Waals surface area contributed by atoms with Gasteiger partial charge >= 0.3 is 0 Å². The zero-order valence-electron chi connectivity index (χ0n) is 20.4. The number of methoxy groups -OCH3 is 1. The molecule has 11 heteroatoms. The smallest absolute Gasteiger partial charge is 0.288 e. The van der Waals surface area contributed by atoms with Gasteiger partial charge in [-0.15, -0.1) is 0 Å². The molecule has 0 aliphatic carbocycles. The molecule has 3 aromatic carbocycles. The summed E-state index contributed by atoms with van der Waals surface area (Å²) >= 11 is 11.9. The first-order valence-electron chi connectivity index (χ1n) is 11.7. The average molecular weight is 555 g/mol. The maximum absolute atomic E-state index is 13.0. The van der Waals surface area contributed by atoms with Crippen LogP contribution in [0.5, 0.6) is 5.75 Å². The largest absolute Gasteiger partial charge is 0.496 e. The average Bonchev–Trinajstić information content (AvgIpc) is 2.92. The van der Waals surface area contributed by atoms with Crippen molar-refractivity contribution in [1.29, 1.82) is 0 Å². The summed E-state index contributed by atoms with van der Waals surface area (Å²) in [5.41, 5.74) is 2.28. The number of nitro benzene ring substituents is 1. The first-order valence-corrected chi connectivity index (χ1v) is 12.4. The Bertz CT molecular complexity index is 1390. The second-order valence-corrected chi connectivity index (χ2v) is 9.30. The Morgan fingerprint density at radius 3 is 2.37 bits per heavy atom. The topological polar surface area (TPSA) is 105 Å². The van der Waals surface area contributed by atoms with Gasteiger partial charge < -0.3 is 19.9 Å². The Morgan fingerprint density at radius 2 is 1.71 bits per heavy atom. The number of benzene rings is 3. The van der Waals surface area contributed by atoms with E-state index in [9.17, 15) is 19.7 Å². The lowest BCUT2D eigenvalue weighted by Gasteiger charge is -2.36. The Labute approximate surface area is 229 Å². The molecule has 1 heterocycles. The van der Waals surface area contributed by atoms with Crippen molar-refractivity contribution in [3.63, 3.8) is 0 Å². The molecule has 0 atom stereocenters. The minimum atomic E-state index is -0.574. The van der Waals surface area contributed by atoms with E-state index >= 15 is 0 Å². The molecule has 0 bridgehead atoms. The summed E-state index contributed by atoms with van der Waals surface area (Å²) in [4.78, 5) is 39.7. The molecular formula is C27H24Cl2N4O5. The number of carbonyl (C=O) groups is 2. The predicted octanol–water partition coefficient (Wildman–Crippen LogP) is 5.52. The van der Waals surface area contributed by atoms with Crippen LogP contribution in [0.3, 0.4) is 0 Å². The highest BCUT2D eigenvalue weighted by molar-refractivity contribution is 6.32. The van der Waals surface area contributed by atoms with E-state index in [2.05, 4.69) is 10.2 Å². The second-order valence-electron chi connectivity index (χ2n) is 8.46. The summed E-state index contributed by atoms with van der Waals surface area (Å²) in [6, 6.07) is 16.7. The lowest BCUT2D eigenvalue weighted by molar-refractivity contribution is -0.384. The number of carbonyl (C=O) groups excluding carboxylic acids is 2. The molecule has 4 rings (SSSR count). The van der Waals surface area contributed by atoms with Crippen LogP contribution in [0.15, 0.2) is 66.7 Å². The van der Waals surface area contributed by atoms with E-state index in [1.54, 1.807) is 41.3 Å². The van der Waals surface area contributed by atoms with E-state index in [1.165, 1.54) is 31.4 Å². The van der Waals surface area contributed by atoms with Crippen LogP contribution in [0, 0.1) is 10.1 Å². The molecule has 196 valence electrons. The fraction of sp³-hybridized carbons (Fsp3) is 0.185. The van der Waals surface area contributed by atoms with Gasteiger partial charge in [0.15, 0.2) is 0 Å². The maximum Gasteiger partial charge on any atom is 0.288 e. The van der Waals surface area contributed by atoms with Crippen molar-refractivity contribution in [2.75, 3.05) is 43.5 Å². The van der Waals surface area contributed by atoms with Gasteiger partial charge in [0.05, 0.1) is 17.6 Å². The molecule has 3 aromatic rings. The van der Waals surface area contributed by atoms with E-state index in [0.29, 0.717) is 53.8 Å². The van der Waals surface area contributed by atoms with Crippen molar-refractivity contribution in [2.45, 2.75) is 0 Å². The van der Waals surface area contributed by atoms with E-state index in [1.807, 2.05) is 12.1 Å². The standard InChI is InChI=1S/C27H24Cl2N4O5/c1-38-25-10-4-19(28)17-22(25)27(35)32-14-12-31(13-15-32)21-7-5-20(6-8-21)30-26(34)11-3-18-2-9-23(29)24(16-18)33(36)37/h2-11,16-17H,12-15H2,1H3,(H,30,34)/b11-3+. The molecule has 0 aromatic heterocycles. The minimum absolute atomic E-state index is 0.0334. The Balaban J connectivity index is 1.32. The summed E-state index contributed by atoms with van der Waals surface area (Å²) in [6.07, 6.45) is 2.78. The monoisotopic (exact) mass is 554 g/mol. The molecule has 1 fully saturated rings. The van der Waals surface area contributed by atoms with Crippen molar-refractivity contribution < 1.29 is 19.2 Å². The third kappa shape index (κ3) is 6.42. The maximum atomic E-state index is 13.0. The molecular weight excluding hydrogens is 531 g/mol. The Hall–Kier alpha value is -4.08. The van der Waals surface area contributed by atoms with Crippen molar-refractivity contribution in [2.24, 2.45) is 0 Å². The van der Waals surface area contributed by atoms with Crippen LogP contribution in [-0.2, 0) is 4.79 Å². The van der Waals surface area contributed by atoms with Gasteiger partial charge in [-0.3, -0.25) is 19.7 Å². The third-order valence-electron chi connectivity index (χ3n) is 6.05. The van der Waals surface area contributed by atoms with Crippen molar-refractivity contribution in [3.8, 4) is 5.75 Å². The fourth-order valence-electron chi connectivity index (χ4n) is 4.07. The first-order chi connectivity index (χ1) is 18.2. The van der Waals surface area contributed by atoms with E-state index < -0.39 is 4.92 Å². The van der Waals surface area contributed by atoms with Gasteiger partial charge in [0.25, 0.3) is 11.6 Å². The zero-order valence-corrected chi connectivity index (χ0v) is 21.9. The second kappa shape index (κ2) is 12.0. The fourth-order valence-corrected chi connectivity index (χ4v) is 4.43. The number of hydrogen-bond acceptors (Lipinski definition) is 6. The van der Waals surface area contributed by atoms with Gasteiger partial charge in [-0.2, -0.15) is 0 Å². The number of hydrogen-bond donors (Lipinski definition) is 1. The lowest BCUT2D eigenvalue weighted by atomic mass is 10.1. The van der Waals surface area contributed by atoms with Crippen molar-refractivity contribution >= 4 is 58.2 Å². The Morgan fingerprint density at radius 1 is 1.00 bits per heavy atom. The van der Waals surface area contributed by atoms with Crippen molar-refractivity contribution in [3.05, 3.63) is 98.0 Å². The van der Waals surface area contributed by atoms with E-state index in [0.717, 1.165) is 5.69 Å². The molecule has 0 saturated carbocycles. The van der Waals surface area contributed by atoms with Crippen LogP contribution >= 0.6 is 23.2 Å². The number of nitrogens with one attached hydrogen (secondary N) is 1. The number of piperazine rings is 1. The highest BCUT2D eigenvalue weighted by Crippen LogP contribution is 2.27. The number of nitro groups is 1. The molecule has 1 N–H and O–H groups in total. The van der Waals surface area contributed by atoms with E-state index in [-0.39, 0.29) is 22.5 Å². The summed E-state index contributed by atoms with van der Waals surface area (Å²) < 4.78 is 5.32. The van der Waals surface area contributed by atoms with Gasteiger partial charge in [0.2, 0.25) is 5.91 Å². The summed E-state index contributed by atoms with van der Waals surface area (Å²) in [5.74, 6) is -0.00830. The number of nitrogens with zero attached hydrogens (tertiary/aromatic N) is 3. The minimum Gasteiger partial charge on any atom is -0.496 e. The molecule has 38 heavy (non-hydrogen) atoms. The summed E-state index contributed by atoms with van der Waals surface area (Å²) in [6.45, 7) is 2.38. The number of rotatable bonds is 7. The molecule has 0 unspecified atom stereocenters. The summed E-state index contributed by atoms with van der Waals surface area (Å²) in [7, 11) is 1.52. The Kier molecular flexibility index (Phi) is 8.50. The first kappa shape index (κ1) is 27.0. The molecule has 1 aliphatic heterocycles. The molecule has 9 nitrogen and oxygen atoms in total. The van der Waals surface area contributed by atoms with Crippen LogP contribution < -0.4 is 15.0 Å². The third-order valence-corrected chi connectivity index (χ3v) is 6.61. The van der Waals surface area contributed by atoms with Crippen LogP contribution in [0.1, 0.15) is 15.9 Å². The lowest BCUT2D eigenvalue weighted by Crippen LogP contribution is -2.48. The number of amides is 2. The van der Waals surface area contributed by atoms with Crippen LogP contribution in [0.25, 0.3) is 6.08 Å². The van der Waals surface area contributed by atoms with Gasteiger partial charge in [0, 0.05) is 54.7 Å². The van der Waals surface area contributed by atoms with Gasteiger partial charge in [0.1, 0.15) is 10.8 Å². The number of anilines is 2. The van der Waals surface area contributed by atoms with Gasteiger partial charge in [-0.05, 0) is 60.2 Å². The van der Waals surface area contributed by atoms with Gasteiger partial charge in [-0.1, -0.05) is 29.3 Å². The highest BCUT2D eigenvalue weighted by Gasteiger charge is 2.24. The molecule has 1 saturated heterocycles.